The van der Waals surface area contributed by atoms with Crippen molar-refractivity contribution in [2.45, 2.75) is 25.7 Å². The van der Waals surface area contributed by atoms with Crippen molar-refractivity contribution in [2.24, 2.45) is 28.6 Å². The van der Waals surface area contributed by atoms with Crippen molar-refractivity contribution in [3.8, 4) is 0 Å². The summed E-state index contributed by atoms with van der Waals surface area (Å²) in [4.78, 5) is 12.4. The third kappa shape index (κ3) is 2.70. The van der Waals surface area contributed by atoms with Crippen LogP contribution < -0.4 is 11.1 Å². The molecule has 5 nitrogen and oxygen atoms in total. The van der Waals surface area contributed by atoms with Crippen molar-refractivity contribution in [1.82, 2.24) is 0 Å². The topological polar surface area (TPSA) is 87.7 Å². The van der Waals surface area contributed by atoms with Crippen LogP contribution in [-0.4, -0.2) is 17.0 Å². The van der Waals surface area contributed by atoms with Crippen LogP contribution in [0.1, 0.15) is 31.2 Å². The van der Waals surface area contributed by atoms with Gasteiger partial charge in [-0.15, -0.1) is 0 Å². The molecular weight excluding hydrogens is 290 g/mol. The van der Waals surface area contributed by atoms with Gasteiger partial charge < -0.3 is 16.3 Å². The third-order valence-corrected chi connectivity index (χ3v) is 5.03. The number of carbonyl (C=O) groups excluding carboxylic acids is 1. The Bertz CT molecular complexity index is 603. The molecule has 4 N–H and O–H groups in total. The molecule has 112 valence electrons. The van der Waals surface area contributed by atoms with Gasteiger partial charge in [0.25, 0.3) is 0 Å². The van der Waals surface area contributed by atoms with Gasteiger partial charge in [0.2, 0.25) is 5.91 Å². The number of amides is 1. The molecule has 0 spiro atoms. The zero-order chi connectivity index (χ0) is 15.0. The maximum Gasteiger partial charge on any atom is 0.227 e. The molecule has 2 fully saturated rings. The van der Waals surface area contributed by atoms with Crippen LogP contribution in [0.4, 0.5) is 5.69 Å². The van der Waals surface area contributed by atoms with Gasteiger partial charge in [0.05, 0.1) is 10.7 Å². The minimum atomic E-state index is -0.0120. The van der Waals surface area contributed by atoms with Gasteiger partial charge in [-0.05, 0) is 49.3 Å². The average Bonchev–Trinajstić information content (AvgIpc) is 3.11. The van der Waals surface area contributed by atoms with E-state index in [1.807, 2.05) is 0 Å². The Labute approximate surface area is 128 Å². The fraction of sp³-hybridized carbons (Fsp3) is 0.467. The highest BCUT2D eigenvalue weighted by molar-refractivity contribution is 6.34. The Kier molecular flexibility index (Phi) is 3.76. The largest absolute Gasteiger partial charge is 0.409 e. The summed E-state index contributed by atoms with van der Waals surface area (Å²) in [5.74, 6) is 1.33. The van der Waals surface area contributed by atoms with Crippen LogP contribution in [-0.2, 0) is 4.79 Å². The van der Waals surface area contributed by atoms with Gasteiger partial charge in [0.1, 0.15) is 0 Å². The first kappa shape index (κ1) is 14.2. The number of amidine groups is 1. The van der Waals surface area contributed by atoms with E-state index in [-0.39, 0.29) is 17.7 Å². The maximum absolute atomic E-state index is 12.4. The van der Waals surface area contributed by atoms with Crippen LogP contribution in [0.15, 0.2) is 23.4 Å². The van der Waals surface area contributed by atoms with Gasteiger partial charge in [0, 0.05) is 11.5 Å². The van der Waals surface area contributed by atoms with Crippen LogP contribution in [0.25, 0.3) is 0 Å². The lowest BCUT2D eigenvalue weighted by Gasteiger charge is -2.21. The monoisotopic (exact) mass is 307 g/mol. The van der Waals surface area contributed by atoms with Gasteiger partial charge in [-0.1, -0.05) is 23.2 Å². The lowest BCUT2D eigenvalue weighted by atomic mass is 9.88. The third-order valence-electron chi connectivity index (χ3n) is 4.70. The van der Waals surface area contributed by atoms with Crippen molar-refractivity contribution in [3.05, 3.63) is 28.8 Å². The van der Waals surface area contributed by atoms with Crippen molar-refractivity contribution in [1.29, 1.82) is 0 Å². The predicted molar refractivity (Wildman–Crippen MR) is 81.5 cm³/mol. The van der Waals surface area contributed by atoms with E-state index in [4.69, 9.17) is 22.5 Å². The number of fused-ring (bicyclic) bond motifs is 2. The molecule has 3 atom stereocenters. The SMILES string of the molecule is N/C(=N/O)c1ccc(Cl)c(NC(=O)C2CC3CCC2C3)c1. The number of benzene rings is 1. The summed E-state index contributed by atoms with van der Waals surface area (Å²) in [7, 11) is 0. The van der Waals surface area contributed by atoms with Crippen LogP contribution in [0, 0.1) is 17.8 Å². The number of halogens is 1. The number of hydrogen-bond acceptors (Lipinski definition) is 3. The fourth-order valence-corrected chi connectivity index (χ4v) is 3.79. The Morgan fingerprint density at radius 1 is 1.38 bits per heavy atom. The van der Waals surface area contributed by atoms with E-state index in [0.717, 1.165) is 12.8 Å². The van der Waals surface area contributed by atoms with Crippen LogP contribution >= 0.6 is 11.6 Å². The number of nitrogens with one attached hydrogen (secondary N) is 1. The van der Waals surface area contributed by atoms with E-state index >= 15 is 0 Å². The summed E-state index contributed by atoms with van der Waals surface area (Å²) in [6.45, 7) is 0. The van der Waals surface area contributed by atoms with E-state index in [2.05, 4.69) is 10.5 Å². The minimum absolute atomic E-state index is 0.0120. The molecule has 0 aromatic heterocycles. The number of nitrogens with two attached hydrogens (primary N) is 1. The minimum Gasteiger partial charge on any atom is -0.409 e. The number of rotatable bonds is 3. The zero-order valence-electron chi connectivity index (χ0n) is 11.6. The second-order valence-corrected chi connectivity index (χ2v) is 6.36. The highest BCUT2D eigenvalue weighted by Crippen LogP contribution is 2.48. The molecule has 0 radical (unpaired) electrons. The number of nitrogens with zero attached hydrogens (tertiary/aromatic N) is 1. The van der Waals surface area contributed by atoms with Crippen LogP contribution in [0.2, 0.25) is 5.02 Å². The molecule has 0 aliphatic heterocycles. The van der Waals surface area contributed by atoms with Gasteiger partial charge in [0.15, 0.2) is 5.84 Å². The molecule has 2 aliphatic carbocycles. The standard InChI is InChI=1S/C15H18ClN3O2/c16-12-4-3-10(14(17)19-21)7-13(12)18-15(20)11-6-8-1-2-9(11)5-8/h3-4,7-9,11,21H,1-2,5-6H2,(H2,17,19)(H,18,20). The van der Waals surface area contributed by atoms with E-state index in [0.29, 0.717) is 28.1 Å². The highest BCUT2D eigenvalue weighted by atomic mass is 35.5. The van der Waals surface area contributed by atoms with Gasteiger partial charge in [-0.2, -0.15) is 0 Å². The lowest BCUT2D eigenvalue weighted by molar-refractivity contribution is -0.121. The van der Waals surface area contributed by atoms with E-state index in [9.17, 15) is 4.79 Å². The molecule has 0 saturated heterocycles. The van der Waals surface area contributed by atoms with Crippen LogP contribution in [0.3, 0.4) is 0 Å². The molecule has 6 heteroatoms. The fourth-order valence-electron chi connectivity index (χ4n) is 3.63. The quantitative estimate of drug-likeness (QED) is 0.347. The molecule has 1 aromatic carbocycles. The normalized spacial score (nSPS) is 27.9. The Hall–Kier alpha value is -1.75. The number of carbonyl (C=O) groups is 1. The summed E-state index contributed by atoms with van der Waals surface area (Å²) >= 11 is 6.12. The Morgan fingerprint density at radius 2 is 2.19 bits per heavy atom. The van der Waals surface area contributed by atoms with Crippen LogP contribution in [0.5, 0.6) is 0 Å². The van der Waals surface area contributed by atoms with E-state index in [1.165, 1.54) is 12.8 Å². The number of hydrogen-bond donors (Lipinski definition) is 3. The predicted octanol–water partition coefficient (Wildman–Crippen LogP) is 2.81. The molecule has 2 saturated carbocycles. The Balaban J connectivity index is 1.76. The van der Waals surface area contributed by atoms with E-state index in [1.54, 1.807) is 18.2 Å². The van der Waals surface area contributed by atoms with Gasteiger partial charge in [-0.25, -0.2) is 0 Å². The molecule has 2 bridgehead atoms. The van der Waals surface area contributed by atoms with E-state index < -0.39 is 0 Å². The highest BCUT2D eigenvalue weighted by Gasteiger charge is 2.43. The lowest BCUT2D eigenvalue weighted by Crippen LogP contribution is -2.27. The summed E-state index contributed by atoms with van der Waals surface area (Å²) < 4.78 is 0. The molecular formula is C15H18ClN3O2. The van der Waals surface area contributed by atoms with Gasteiger partial charge in [-0.3, -0.25) is 4.79 Å². The average molecular weight is 308 g/mol. The summed E-state index contributed by atoms with van der Waals surface area (Å²) in [5, 5.41) is 15.0. The molecule has 3 rings (SSSR count). The summed E-state index contributed by atoms with van der Waals surface area (Å²) in [6.07, 6.45) is 4.57. The van der Waals surface area contributed by atoms with Gasteiger partial charge >= 0.3 is 0 Å². The Morgan fingerprint density at radius 3 is 2.81 bits per heavy atom. The van der Waals surface area contributed by atoms with Crippen molar-refractivity contribution in [2.75, 3.05) is 5.32 Å². The molecule has 21 heavy (non-hydrogen) atoms. The van der Waals surface area contributed by atoms with Crippen molar-refractivity contribution >= 4 is 29.0 Å². The second-order valence-electron chi connectivity index (χ2n) is 5.95. The maximum atomic E-state index is 12.4. The number of anilines is 1. The molecule has 0 heterocycles. The summed E-state index contributed by atoms with van der Waals surface area (Å²) in [6, 6.07) is 4.90. The number of oxime groups is 1. The molecule has 2 aliphatic rings. The first-order chi connectivity index (χ1) is 10.1. The smallest absolute Gasteiger partial charge is 0.227 e. The van der Waals surface area contributed by atoms with Crippen molar-refractivity contribution < 1.29 is 10.0 Å². The summed E-state index contributed by atoms with van der Waals surface area (Å²) in [5.41, 5.74) is 6.59. The molecule has 1 amide bonds. The molecule has 1 aromatic rings. The zero-order valence-corrected chi connectivity index (χ0v) is 12.3. The molecule has 3 unspecified atom stereocenters. The second kappa shape index (κ2) is 5.56. The first-order valence-corrected chi connectivity index (χ1v) is 7.54. The van der Waals surface area contributed by atoms with Crippen molar-refractivity contribution in [3.63, 3.8) is 0 Å². The first-order valence-electron chi connectivity index (χ1n) is 7.16.